The Bertz CT molecular complexity index is 876. The van der Waals surface area contributed by atoms with E-state index >= 15 is 0 Å². The summed E-state index contributed by atoms with van der Waals surface area (Å²) in [4.78, 5) is 0. The van der Waals surface area contributed by atoms with Crippen LogP contribution in [0.15, 0.2) is 48.7 Å². The van der Waals surface area contributed by atoms with Gasteiger partial charge in [0.2, 0.25) is 0 Å². The Morgan fingerprint density at radius 2 is 2.00 bits per heavy atom. The first-order valence-corrected chi connectivity index (χ1v) is 8.13. The molecule has 0 atom stereocenters. The summed E-state index contributed by atoms with van der Waals surface area (Å²) in [7, 11) is 1.66. The average molecular weight is 337 g/mol. The van der Waals surface area contributed by atoms with Crippen LogP contribution in [0.25, 0.3) is 11.3 Å². The smallest absolute Gasteiger partial charge is 0.162 e. The molecule has 2 heterocycles. The van der Waals surface area contributed by atoms with Crippen molar-refractivity contribution in [3.63, 3.8) is 0 Å². The zero-order valence-corrected chi connectivity index (χ0v) is 13.9. The molecular weight excluding hydrogens is 318 g/mol. The van der Waals surface area contributed by atoms with Crippen molar-refractivity contribution in [1.82, 2.24) is 10.2 Å². The minimum atomic E-state index is 0.573. The summed E-state index contributed by atoms with van der Waals surface area (Å²) in [6.45, 7) is 1.81. The first-order valence-electron chi connectivity index (χ1n) is 8.13. The summed E-state index contributed by atoms with van der Waals surface area (Å²) in [6.07, 6.45) is 1.83. The Hall–Kier alpha value is -3.15. The van der Waals surface area contributed by atoms with Crippen LogP contribution in [0, 0.1) is 0 Å². The maximum Gasteiger partial charge on any atom is 0.162 e. The third kappa shape index (κ3) is 3.24. The second-order valence-corrected chi connectivity index (χ2v) is 5.71. The van der Waals surface area contributed by atoms with Crippen LogP contribution in [0.1, 0.15) is 5.56 Å². The summed E-state index contributed by atoms with van der Waals surface area (Å²) in [6, 6.07) is 13.8. The lowest BCUT2D eigenvalue weighted by Crippen LogP contribution is -2.15. The number of H-pyrrole nitrogens is 1. The first kappa shape index (κ1) is 15.4. The number of rotatable bonds is 5. The van der Waals surface area contributed by atoms with Crippen molar-refractivity contribution in [2.45, 2.75) is 6.54 Å². The zero-order valence-electron chi connectivity index (χ0n) is 13.9. The van der Waals surface area contributed by atoms with Gasteiger partial charge in [0.25, 0.3) is 0 Å². The summed E-state index contributed by atoms with van der Waals surface area (Å²) < 4.78 is 16.5. The van der Waals surface area contributed by atoms with Crippen LogP contribution in [0.5, 0.6) is 17.2 Å². The Labute approximate surface area is 145 Å². The topological polar surface area (TPSA) is 68.4 Å². The number of benzene rings is 2. The van der Waals surface area contributed by atoms with Crippen molar-refractivity contribution in [1.29, 1.82) is 0 Å². The van der Waals surface area contributed by atoms with Crippen molar-refractivity contribution in [2.24, 2.45) is 0 Å². The lowest BCUT2D eigenvalue weighted by atomic mass is 10.1. The van der Waals surface area contributed by atoms with E-state index in [1.807, 2.05) is 48.7 Å². The van der Waals surface area contributed by atoms with Gasteiger partial charge >= 0.3 is 0 Å². The fourth-order valence-electron chi connectivity index (χ4n) is 2.82. The first-order chi connectivity index (χ1) is 12.3. The maximum atomic E-state index is 5.67. The lowest BCUT2D eigenvalue weighted by molar-refractivity contribution is 0.171. The highest BCUT2D eigenvalue weighted by Gasteiger charge is 2.15. The lowest BCUT2D eigenvalue weighted by Gasteiger charge is -2.18. The predicted octanol–water partition coefficient (Wildman–Crippen LogP) is 3.47. The summed E-state index contributed by atoms with van der Waals surface area (Å²) in [5.74, 6) is 2.37. The van der Waals surface area contributed by atoms with Gasteiger partial charge in [0.05, 0.1) is 19.0 Å². The van der Waals surface area contributed by atoms with E-state index in [1.165, 1.54) is 0 Å². The fraction of sp³-hybridized carbons (Fsp3) is 0.211. The molecule has 0 bridgehead atoms. The van der Waals surface area contributed by atoms with E-state index < -0.39 is 0 Å². The number of methoxy groups -OCH3 is 1. The van der Waals surface area contributed by atoms with Gasteiger partial charge in [-0.25, -0.2) is 0 Å². The van der Waals surface area contributed by atoms with Crippen molar-refractivity contribution in [3.8, 4) is 28.5 Å². The number of nitrogens with zero attached hydrogens (tertiary/aromatic N) is 1. The van der Waals surface area contributed by atoms with Gasteiger partial charge in [-0.3, -0.25) is 5.10 Å². The molecule has 4 rings (SSSR count). The third-order valence-electron chi connectivity index (χ3n) is 4.10. The largest absolute Gasteiger partial charge is 0.497 e. The van der Waals surface area contributed by atoms with Crippen LogP contribution < -0.4 is 19.5 Å². The quantitative estimate of drug-likeness (QED) is 0.746. The number of aromatic nitrogens is 2. The fourth-order valence-corrected chi connectivity index (χ4v) is 2.82. The van der Waals surface area contributed by atoms with Crippen LogP contribution in [0.2, 0.25) is 0 Å². The Balaban J connectivity index is 1.54. The third-order valence-corrected chi connectivity index (χ3v) is 4.10. The number of anilines is 1. The highest BCUT2D eigenvalue weighted by molar-refractivity contribution is 5.67. The molecule has 128 valence electrons. The van der Waals surface area contributed by atoms with Crippen LogP contribution in [0.3, 0.4) is 0 Å². The summed E-state index contributed by atoms with van der Waals surface area (Å²) >= 11 is 0. The van der Waals surface area contributed by atoms with Crippen molar-refractivity contribution < 1.29 is 14.2 Å². The molecule has 2 aromatic carbocycles. The molecule has 6 heteroatoms. The normalized spacial score (nSPS) is 12.7. The standard InChI is InChI=1S/C19H19N3O3/c1-23-16-4-2-3-15(10-16)20-11-14-12-21-22-19(14)13-5-6-17-18(9-13)25-8-7-24-17/h2-6,9-10,12,20H,7-8,11H2,1H3,(H,21,22). The van der Waals surface area contributed by atoms with E-state index in [4.69, 9.17) is 14.2 Å². The molecule has 0 fully saturated rings. The number of fused-ring (bicyclic) bond motifs is 1. The summed E-state index contributed by atoms with van der Waals surface area (Å²) in [5, 5.41) is 10.7. The van der Waals surface area contributed by atoms with Gasteiger partial charge in [-0.2, -0.15) is 5.10 Å². The molecule has 0 aliphatic carbocycles. The van der Waals surface area contributed by atoms with Gasteiger partial charge in [-0.15, -0.1) is 0 Å². The number of aromatic amines is 1. The van der Waals surface area contributed by atoms with Crippen molar-refractivity contribution in [2.75, 3.05) is 25.6 Å². The van der Waals surface area contributed by atoms with E-state index in [9.17, 15) is 0 Å². The van der Waals surface area contributed by atoms with Crippen LogP contribution in [-0.4, -0.2) is 30.5 Å². The van der Waals surface area contributed by atoms with Crippen molar-refractivity contribution >= 4 is 5.69 Å². The monoisotopic (exact) mass is 337 g/mol. The zero-order chi connectivity index (χ0) is 17.1. The number of nitrogens with one attached hydrogen (secondary N) is 2. The number of hydrogen-bond donors (Lipinski definition) is 2. The minimum Gasteiger partial charge on any atom is -0.497 e. The van der Waals surface area contributed by atoms with E-state index in [1.54, 1.807) is 7.11 Å². The van der Waals surface area contributed by atoms with Gasteiger partial charge in [0, 0.05) is 29.4 Å². The average Bonchev–Trinajstić information content (AvgIpc) is 3.15. The van der Waals surface area contributed by atoms with Gasteiger partial charge in [0.15, 0.2) is 11.5 Å². The van der Waals surface area contributed by atoms with E-state index in [2.05, 4.69) is 15.5 Å². The molecule has 3 aromatic rings. The molecule has 6 nitrogen and oxygen atoms in total. The molecule has 0 amide bonds. The molecule has 1 aliphatic rings. The van der Waals surface area contributed by atoms with Crippen molar-refractivity contribution in [3.05, 3.63) is 54.2 Å². The SMILES string of the molecule is COc1cccc(NCc2cn[nH]c2-c2ccc3c(c2)OCCO3)c1. The maximum absolute atomic E-state index is 5.67. The molecule has 1 aromatic heterocycles. The van der Waals surface area contributed by atoms with Gasteiger partial charge in [0.1, 0.15) is 19.0 Å². The second kappa shape index (κ2) is 6.76. The van der Waals surface area contributed by atoms with Gasteiger partial charge in [-0.1, -0.05) is 6.07 Å². The number of ether oxygens (including phenoxy) is 3. The molecule has 0 radical (unpaired) electrons. The van der Waals surface area contributed by atoms with Crippen LogP contribution >= 0.6 is 0 Å². The molecule has 0 spiro atoms. The molecule has 25 heavy (non-hydrogen) atoms. The Kier molecular flexibility index (Phi) is 4.16. The second-order valence-electron chi connectivity index (χ2n) is 5.71. The molecule has 1 aliphatic heterocycles. The van der Waals surface area contributed by atoms with Crippen LogP contribution in [0.4, 0.5) is 5.69 Å². The molecule has 0 unspecified atom stereocenters. The van der Waals surface area contributed by atoms with Gasteiger partial charge in [-0.05, 0) is 30.3 Å². The highest BCUT2D eigenvalue weighted by atomic mass is 16.6. The van der Waals surface area contributed by atoms with E-state index in [0.29, 0.717) is 19.8 Å². The van der Waals surface area contributed by atoms with E-state index in [-0.39, 0.29) is 0 Å². The Morgan fingerprint density at radius 1 is 1.12 bits per heavy atom. The molecular formula is C19H19N3O3. The number of hydrogen-bond acceptors (Lipinski definition) is 5. The Morgan fingerprint density at radius 3 is 2.88 bits per heavy atom. The molecule has 2 N–H and O–H groups in total. The summed E-state index contributed by atoms with van der Waals surface area (Å²) in [5.41, 5.74) is 4.05. The minimum absolute atomic E-state index is 0.573. The predicted molar refractivity (Wildman–Crippen MR) is 95.3 cm³/mol. The van der Waals surface area contributed by atoms with E-state index in [0.717, 1.165) is 39.8 Å². The van der Waals surface area contributed by atoms with Gasteiger partial charge < -0.3 is 19.5 Å². The van der Waals surface area contributed by atoms with Crippen LogP contribution in [-0.2, 0) is 6.54 Å². The highest BCUT2D eigenvalue weighted by Crippen LogP contribution is 2.35. The molecule has 0 saturated carbocycles. The molecule has 0 saturated heterocycles.